The molecule has 0 spiro atoms. The first kappa shape index (κ1) is 14.1. The van der Waals surface area contributed by atoms with E-state index in [-0.39, 0.29) is 11.8 Å². The summed E-state index contributed by atoms with van der Waals surface area (Å²) >= 11 is 0. The first-order valence-corrected chi connectivity index (χ1v) is 6.68. The minimum absolute atomic E-state index is 0.314. The topological polar surface area (TPSA) is 52.3 Å². The number of ether oxygens (including phenoxy) is 1. The summed E-state index contributed by atoms with van der Waals surface area (Å²) in [4.78, 5) is 11.8. The maximum Gasteiger partial charge on any atom is 0.225 e. The van der Waals surface area contributed by atoms with E-state index >= 15 is 0 Å². The number of nitrogens with two attached hydrogens (primary N) is 1. The number of carbonyl (C=O) groups is 1. The second-order valence-corrected chi connectivity index (χ2v) is 4.72. The molecule has 0 saturated carbocycles. The Bertz CT molecular complexity index is 566. The molecule has 0 aliphatic heterocycles. The van der Waals surface area contributed by atoms with Gasteiger partial charge >= 0.3 is 0 Å². The average Bonchev–Trinajstić information content (AvgIpc) is 2.48. The van der Waals surface area contributed by atoms with Crippen LogP contribution in [0.25, 0.3) is 0 Å². The average molecular weight is 269 g/mol. The van der Waals surface area contributed by atoms with Crippen LogP contribution in [0.3, 0.4) is 0 Å². The summed E-state index contributed by atoms with van der Waals surface area (Å²) < 4.78 is 5.32. The first-order valence-electron chi connectivity index (χ1n) is 6.68. The number of aryl methyl sites for hydroxylation is 1. The van der Waals surface area contributed by atoms with Crippen LogP contribution in [0.1, 0.15) is 23.5 Å². The third-order valence-corrected chi connectivity index (χ3v) is 3.42. The zero-order valence-electron chi connectivity index (χ0n) is 11.6. The molecule has 20 heavy (non-hydrogen) atoms. The fourth-order valence-corrected chi connectivity index (χ4v) is 2.36. The van der Waals surface area contributed by atoms with E-state index in [4.69, 9.17) is 10.5 Å². The van der Waals surface area contributed by atoms with Gasteiger partial charge in [0.05, 0.1) is 13.0 Å². The lowest BCUT2D eigenvalue weighted by molar-refractivity contribution is -0.119. The van der Waals surface area contributed by atoms with Gasteiger partial charge in [-0.3, -0.25) is 4.79 Å². The molecule has 104 valence electrons. The molecule has 2 N–H and O–H groups in total. The van der Waals surface area contributed by atoms with Crippen LogP contribution < -0.4 is 10.5 Å². The van der Waals surface area contributed by atoms with E-state index in [9.17, 15) is 4.79 Å². The molecular weight excluding hydrogens is 250 g/mol. The van der Waals surface area contributed by atoms with Crippen molar-refractivity contribution in [3.8, 4) is 5.75 Å². The van der Waals surface area contributed by atoms with E-state index in [0.717, 1.165) is 12.0 Å². The molecular formula is C17H19NO2. The highest BCUT2D eigenvalue weighted by atomic mass is 16.5. The highest BCUT2D eigenvalue weighted by Crippen LogP contribution is 2.29. The largest absolute Gasteiger partial charge is 0.496 e. The summed E-state index contributed by atoms with van der Waals surface area (Å²) in [6.07, 6.45) is 1.49. The maximum absolute atomic E-state index is 11.8. The summed E-state index contributed by atoms with van der Waals surface area (Å²) in [6, 6.07) is 17.6. The second kappa shape index (κ2) is 6.75. The van der Waals surface area contributed by atoms with Crippen molar-refractivity contribution >= 4 is 5.91 Å². The monoisotopic (exact) mass is 269 g/mol. The van der Waals surface area contributed by atoms with Crippen LogP contribution in [0.15, 0.2) is 54.6 Å². The molecule has 0 aliphatic carbocycles. The smallest absolute Gasteiger partial charge is 0.225 e. The molecule has 2 aromatic carbocycles. The number of primary amides is 1. The van der Waals surface area contributed by atoms with E-state index in [1.807, 2.05) is 42.5 Å². The van der Waals surface area contributed by atoms with Crippen molar-refractivity contribution in [3.05, 3.63) is 65.7 Å². The van der Waals surface area contributed by atoms with Crippen LogP contribution >= 0.6 is 0 Å². The lowest BCUT2D eigenvalue weighted by Crippen LogP contribution is -2.22. The van der Waals surface area contributed by atoms with Crippen molar-refractivity contribution in [3.63, 3.8) is 0 Å². The molecule has 2 aromatic rings. The van der Waals surface area contributed by atoms with Gasteiger partial charge in [0.15, 0.2) is 0 Å². The Labute approximate surface area is 119 Å². The van der Waals surface area contributed by atoms with Crippen molar-refractivity contribution < 1.29 is 9.53 Å². The van der Waals surface area contributed by atoms with E-state index < -0.39 is 0 Å². The highest BCUT2D eigenvalue weighted by molar-refractivity contribution is 5.82. The van der Waals surface area contributed by atoms with Gasteiger partial charge in [0, 0.05) is 5.56 Å². The first-order chi connectivity index (χ1) is 9.72. The number of methoxy groups -OCH3 is 1. The van der Waals surface area contributed by atoms with Crippen LogP contribution in [-0.2, 0) is 11.2 Å². The minimum atomic E-state index is -0.327. The molecule has 1 atom stereocenters. The van der Waals surface area contributed by atoms with Gasteiger partial charge in [-0.25, -0.2) is 0 Å². The third-order valence-electron chi connectivity index (χ3n) is 3.42. The lowest BCUT2D eigenvalue weighted by Gasteiger charge is -2.17. The Morgan fingerprint density at radius 3 is 2.40 bits per heavy atom. The summed E-state index contributed by atoms with van der Waals surface area (Å²) in [6.45, 7) is 0. The van der Waals surface area contributed by atoms with E-state index in [0.29, 0.717) is 12.2 Å². The normalized spacial score (nSPS) is 11.8. The molecule has 3 heteroatoms. The van der Waals surface area contributed by atoms with Crippen molar-refractivity contribution in [1.82, 2.24) is 0 Å². The van der Waals surface area contributed by atoms with Gasteiger partial charge in [0.2, 0.25) is 5.91 Å². The fourth-order valence-electron chi connectivity index (χ4n) is 2.36. The Balaban J connectivity index is 2.17. The summed E-state index contributed by atoms with van der Waals surface area (Å²) in [5.74, 6) is 0.0705. The van der Waals surface area contributed by atoms with Crippen LogP contribution in [0.2, 0.25) is 0 Å². The number of para-hydroxylation sites is 1. The van der Waals surface area contributed by atoms with Crippen molar-refractivity contribution in [1.29, 1.82) is 0 Å². The molecule has 0 radical (unpaired) electrons. The second-order valence-electron chi connectivity index (χ2n) is 4.72. The molecule has 1 amide bonds. The van der Waals surface area contributed by atoms with Gasteiger partial charge in [0.25, 0.3) is 0 Å². The summed E-state index contributed by atoms with van der Waals surface area (Å²) in [7, 11) is 1.61. The Morgan fingerprint density at radius 1 is 1.10 bits per heavy atom. The zero-order chi connectivity index (χ0) is 14.4. The number of benzene rings is 2. The summed E-state index contributed by atoms with van der Waals surface area (Å²) in [5.41, 5.74) is 7.62. The SMILES string of the molecule is COc1ccccc1C(CCc1ccccc1)C(N)=O. The quantitative estimate of drug-likeness (QED) is 0.876. The van der Waals surface area contributed by atoms with Crippen molar-refractivity contribution in [2.75, 3.05) is 7.11 Å². The van der Waals surface area contributed by atoms with Gasteiger partial charge in [-0.05, 0) is 24.5 Å². The number of hydrogen-bond donors (Lipinski definition) is 1. The van der Waals surface area contributed by atoms with E-state index in [2.05, 4.69) is 12.1 Å². The Hall–Kier alpha value is -2.29. The zero-order valence-corrected chi connectivity index (χ0v) is 11.6. The third kappa shape index (κ3) is 3.38. The molecule has 1 unspecified atom stereocenters. The molecule has 0 heterocycles. The number of rotatable bonds is 6. The molecule has 0 aromatic heterocycles. The predicted octanol–water partition coefficient (Wildman–Crippen LogP) is 2.90. The number of hydrogen-bond acceptors (Lipinski definition) is 2. The molecule has 3 nitrogen and oxygen atoms in total. The molecule has 0 saturated heterocycles. The molecule has 0 aliphatic rings. The number of carbonyl (C=O) groups excluding carboxylic acids is 1. The van der Waals surface area contributed by atoms with E-state index in [1.54, 1.807) is 7.11 Å². The Morgan fingerprint density at radius 2 is 1.75 bits per heavy atom. The standard InChI is InChI=1S/C17H19NO2/c1-20-16-10-6-5-9-14(16)15(17(18)19)12-11-13-7-3-2-4-8-13/h2-10,15H,11-12H2,1H3,(H2,18,19). The van der Waals surface area contributed by atoms with Gasteiger partial charge < -0.3 is 10.5 Å². The molecule has 0 bridgehead atoms. The van der Waals surface area contributed by atoms with Gasteiger partial charge in [-0.1, -0.05) is 48.5 Å². The van der Waals surface area contributed by atoms with Gasteiger partial charge in [-0.15, -0.1) is 0 Å². The lowest BCUT2D eigenvalue weighted by atomic mass is 9.91. The van der Waals surface area contributed by atoms with Gasteiger partial charge in [0.1, 0.15) is 5.75 Å². The van der Waals surface area contributed by atoms with Crippen LogP contribution in [0.4, 0.5) is 0 Å². The predicted molar refractivity (Wildman–Crippen MR) is 79.7 cm³/mol. The van der Waals surface area contributed by atoms with Crippen molar-refractivity contribution in [2.45, 2.75) is 18.8 Å². The molecule has 0 fully saturated rings. The van der Waals surface area contributed by atoms with Crippen LogP contribution in [0.5, 0.6) is 5.75 Å². The highest BCUT2D eigenvalue weighted by Gasteiger charge is 2.21. The number of amides is 1. The summed E-state index contributed by atoms with van der Waals surface area (Å²) in [5, 5.41) is 0. The molecule has 2 rings (SSSR count). The maximum atomic E-state index is 11.8. The van der Waals surface area contributed by atoms with Gasteiger partial charge in [-0.2, -0.15) is 0 Å². The minimum Gasteiger partial charge on any atom is -0.496 e. The van der Waals surface area contributed by atoms with Crippen LogP contribution in [-0.4, -0.2) is 13.0 Å². The van der Waals surface area contributed by atoms with Crippen LogP contribution in [0, 0.1) is 0 Å². The fraction of sp³-hybridized carbons (Fsp3) is 0.235. The van der Waals surface area contributed by atoms with E-state index in [1.165, 1.54) is 5.56 Å². The van der Waals surface area contributed by atoms with Crippen molar-refractivity contribution in [2.24, 2.45) is 5.73 Å². The Kier molecular flexibility index (Phi) is 4.77.